The summed E-state index contributed by atoms with van der Waals surface area (Å²) in [6.07, 6.45) is 1.58. The molecule has 1 aromatic rings. The molecule has 0 aliphatic rings. The topological polar surface area (TPSA) is 67.5 Å². The van der Waals surface area contributed by atoms with Gasteiger partial charge in [-0.2, -0.15) is 5.10 Å². The summed E-state index contributed by atoms with van der Waals surface area (Å²) in [6, 6.07) is 9.41. The maximum atomic E-state index is 10.6. The molecule has 17 heavy (non-hydrogen) atoms. The third-order valence-electron chi connectivity index (χ3n) is 2.22. The molecule has 0 bridgehead atoms. The van der Waals surface area contributed by atoms with Crippen molar-refractivity contribution >= 4 is 11.7 Å². The van der Waals surface area contributed by atoms with Crippen molar-refractivity contribution in [3.63, 3.8) is 0 Å². The van der Waals surface area contributed by atoms with E-state index in [-0.39, 0.29) is 0 Å². The molecule has 1 aromatic carbocycles. The zero-order valence-corrected chi connectivity index (χ0v) is 10.3. The number of hydrazone groups is 1. The summed E-state index contributed by atoms with van der Waals surface area (Å²) < 4.78 is 0. The quantitative estimate of drug-likeness (QED) is 0.594. The molecule has 3 N–H and O–H groups in total. The largest absolute Gasteiger partial charge is 0.350 e. The van der Waals surface area contributed by atoms with Gasteiger partial charge in [0.1, 0.15) is 0 Å². The highest BCUT2D eigenvalue weighted by Crippen LogP contribution is 2.08. The molecule has 0 saturated carbocycles. The van der Waals surface area contributed by atoms with Crippen LogP contribution in [0, 0.1) is 5.92 Å². The highest BCUT2D eigenvalue weighted by Gasteiger charge is 2.05. The first-order valence-electron chi connectivity index (χ1n) is 5.72. The van der Waals surface area contributed by atoms with Crippen molar-refractivity contribution < 1.29 is 4.79 Å². The second kappa shape index (κ2) is 6.68. The van der Waals surface area contributed by atoms with Gasteiger partial charge in [-0.15, -0.1) is 0 Å². The van der Waals surface area contributed by atoms with Gasteiger partial charge in [0.15, 0.2) is 0 Å². The number of primary amides is 1. The van der Waals surface area contributed by atoms with Gasteiger partial charge in [-0.05, 0) is 17.9 Å². The second-order valence-electron chi connectivity index (χ2n) is 4.41. The molecule has 0 aliphatic heterocycles. The normalized spacial score (nSPS) is 11.6. The maximum absolute atomic E-state index is 10.6. The van der Waals surface area contributed by atoms with E-state index in [1.807, 2.05) is 30.3 Å². The number of benzene rings is 1. The lowest BCUT2D eigenvalue weighted by atomic mass is 10.0. The van der Waals surface area contributed by atoms with Crippen molar-refractivity contribution in [2.24, 2.45) is 16.8 Å². The molecular weight excluding hydrogens is 214 g/mol. The molecule has 2 amide bonds. The van der Waals surface area contributed by atoms with E-state index in [9.17, 15) is 4.79 Å². The van der Waals surface area contributed by atoms with E-state index in [1.165, 1.54) is 5.56 Å². The summed E-state index contributed by atoms with van der Waals surface area (Å²) in [5.41, 5.74) is 9.42. The number of nitrogens with zero attached hydrogens (tertiary/aromatic N) is 1. The monoisotopic (exact) mass is 233 g/mol. The summed E-state index contributed by atoms with van der Waals surface area (Å²) in [4.78, 5) is 10.6. The van der Waals surface area contributed by atoms with E-state index < -0.39 is 6.03 Å². The predicted octanol–water partition coefficient (Wildman–Crippen LogP) is 2.30. The van der Waals surface area contributed by atoms with Gasteiger partial charge in [0.05, 0.1) is 0 Å². The van der Waals surface area contributed by atoms with Crippen LogP contribution in [0.25, 0.3) is 0 Å². The number of hydrogen-bond acceptors (Lipinski definition) is 2. The van der Waals surface area contributed by atoms with Crippen LogP contribution < -0.4 is 11.2 Å². The standard InChI is InChI=1S/C13H19N3O/c1-10(2)8-12(15-16-13(14)17)9-11-6-4-3-5-7-11/h3-7,10H,8-9H2,1-2H3,(H3,14,16,17). The maximum Gasteiger partial charge on any atom is 0.332 e. The van der Waals surface area contributed by atoms with Gasteiger partial charge in [0.2, 0.25) is 0 Å². The zero-order chi connectivity index (χ0) is 12.7. The Morgan fingerprint density at radius 2 is 2.00 bits per heavy atom. The number of amides is 2. The number of carbonyl (C=O) groups is 1. The summed E-state index contributed by atoms with van der Waals surface area (Å²) in [5.74, 6) is 0.493. The van der Waals surface area contributed by atoms with E-state index >= 15 is 0 Å². The molecule has 0 aromatic heterocycles. The fraction of sp³-hybridized carbons (Fsp3) is 0.385. The Hall–Kier alpha value is -1.84. The molecular formula is C13H19N3O. The molecule has 0 spiro atoms. The van der Waals surface area contributed by atoms with Gasteiger partial charge < -0.3 is 5.73 Å². The molecule has 0 unspecified atom stereocenters. The minimum Gasteiger partial charge on any atom is -0.350 e. The number of hydrogen-bond donors (Lipinski definition) is 2. The number of nitrogens with one attached hydrogen (secondary N) is 1. The van der Waals surface area contributed by atoms with Crippen molar-refractivity contribution in [2.75, 3.05) is 0 Å². The summed E-state index contributed by atoms with van der Waals surface area (Å²) in [6.45, 7) is 4.23. The van der Waals surface area contributed by atoms with Crippen LogP contribution in [0.2, 0.25) is 0 Å². The van der Waals surface area contributed by atoms with Gasteiger partial charge in [0.25, 0.3) is 0 Å². The lowest BCUT2D eigenvalue weighted by molar-refractivity contribution is 0.249. The van der Waals surface area contributed by atoms with Gasteiger partial charge >= 0.3 is 6.03 Å². The lowest BCUT2D eigenvalue weighted by Crippen LogP contribution is -2.26. The van der Waals surface area contributed by atoms with Crippen LogP contribution in [0.1, 0.15) is 25.8 Å². The fourth-order valence-corrected chi connectivity index (χ4v) is 1.59. The highest BCUT2D eigenvalue weighted by molar-refractivity contribution is 5.87. The first-order chi connectivity index (χ1) is 8.08. The Bertz CT molecular complexity index is 385. The van der Waals surface area contributed by atoms with E-state index in [1.54, 1.807) is 0 Å². The molecule has 0 atom stereocenters. The van der Waals surface area contributed by atoms with Gasteiger partial charge in [-0.1, -0.05) is 44.2 Å². The summed E-state index contributed by atoms with van der Waals surface area (Å²) in [7, 11) is 0. The Morgan fingerprint density at radius 3 is 2.53 bits per heavy atom. The van der Waals surface area contributed by atoms with Crippen LogP contribution in [0.15, 0.2) is 35.4 Å². The predicted molar refractivity (Wildman–Crippen MR) is 69.8 cm³/mol. The first kappa shape index (κ1) is 13.2. The van der Waals surface area contributed by atoms with Crippen molar-refractivity contribution in [2.45, 2.75) is 26.7 Å². The molecule has 1 rings (SSSR count). The molecule has 92 valence electrons. The highest BCUT2D eigenvalue weighted by atomic mass is 16.2. The van der Waals surface area contributed by atoms with Crippen LogP contribution in [0.3, 0.4) is 0 Å². The number of rotatable bonds is 5. The van der Waals surface area contributed by atoms with Crippen LogP contribution in [-0.2, 0) is 6.42 Å². The third kappa shape index (κ3) is 5.70. The van der Waals surface area contributed by atoms with E-state index in [0.29, 0.717) is 5.92 Å². The molecule has 0 radical (unpaired) electrons. The molecule has 0 aliphatic carbocycles. The molecule has 4 heteroatoms. The Morgan fingerprint density at radius 1 is 1.35 bits per heavy atom. The lowest BCUT2D eigenvalue weighted by Gasteiger charge is -2.09. The molecule has 0 fully saturated rings. The Kier molecular flexibility index (Phi) is 5.20. The van der Waals surface area contributed by atoms with Crippen LogP contribution in [-0.4, -0.2) is 11.7 Å². The van der Waals surface area contributed by atoms with Gasteiger partial charge in [-0.3, -0.25) is 0 Å². The molecule has 0 saturated heterocycles. The van der Waals surface area contributed by atoms with E-state index in [0.717, 1.165) is 18.6 Å². The summed E-state index contributed by atoms with van der Waals surface area (Å²) >= 11 is 0. The number of urea groups is 1. The Labute approximate surface area is 102 Å². The Balaban J connectivity index is 2.70. The molecule has 0 heterocycles. The van der Waals surface area contributed by atoms with Crippen LogP contribution >= 0.6 is 0 Å². The van der Waals surface area contributed by atoms with Gasteiger partial charge in [-0.25, -0.2) is 10.2 Å². The van der Waals surface area contributed by atoms with E-state index in [4.69, 9.17) is 5.73 Å². The summed E-state index contributed by atoms with van der Waals surface area (Å²) in [5, 5.41) is 4.05. The van der Waals surface area contributed by atoms with Crippen LogP contribution in [0.4, 0.5) is 4.79 Å². The number of carbonyl (C=O) groups excluding carboxylic acids is 1. The second-order valence-corrected chi connectivity index (χ2v) is 4.41. The van der Waals surface area contributed by atoms with Crippen molar-refractivity contribution in [3.05, 3.63) is 35.9 Å². The fourth-order valence-electron chi connectivity index (χ4n) is 1.59. The smallest absolute Gasteiger partial charge is 0.332 e. The zero-order valence-electron chi connectivity index (χ0n) is 10.3. The first-order valence-corrected chi connectivity index (χ1v) is 5.72. The molecule has 4 nitrogen and oxygen atoms in total. The van der Waals surface area contributed by atoms with Gasteiger partial charge in [0, 0.05) is 12.1 Å². The average molecular weight is 233 g/mol. The van der Waals surface area contributed by atoms with Crippen molar-refractivity contribution in [1.29, 1.82) is 0 Å². The van der Waals surface area contributed by atoms with E-state index in [2.05, 4.69) is 24.4 Å². The minimum atomic E-state index is -0.626. The third-order valence-corrected chi connectivity index (χ3v) is 2.22. The van der Waals surface area contributed by atoms with Crippen LogP contribution in [0.5, 0.6) is 0 Å². The SMILES string of the molecule is CC(C)CC(Cc1ccccc1)=NNC(N)=O. The van der Waals surface area contributed by atoms with Crippen molar-refractivity contribution in [3.8, 4) is 0 Å². The number of nitrogens with two attached hydrogens (primary N) is 1. The average Bonchev–Trinajstić information content (AvgIpc) is 2.26. The minimum absolute atomic E-state index is 0.493. The van der Waals surface area contributed by atoms with Crippen molar-refractivity contribution in [1.82, 2.24) is 5.43 Å².